The lowest BCUT2D eigenvalue weighted by atomic mass is 10.2. The third kappa shape index (κ3) is 4.50. The van der Waals surface area contributed by atoms with Crippen LogP contribution >= 0.6 is 0 Å². The van der Waals surface area contributed by atoms with Crippen LogP contribution in [0.1, 0.15) is 23.7 Å². The fourth-order valence-electron chi connectivity index (χ4n) is 3.41. The largest absolute Gasteiger partial charge is 0.465 e. The first-order chi connectivity index (χ1) is 15.4. The van der Waals surface area contributed by atoms with E-state index in [-0.39, 0.29) is 33.0 Å². The Balaban J connectivity index is 2.33. The number of hydrogen-bond donors (Lipinski definition) is 0. The lowest BCUT2D eigenvalue weighted by Crippen LogP contribution is -2.33. The molecular formula is C22H23N3O6S2. The minimum Gasteiger partial charge on any atom is -0.465 e. The predicted octanol–water partition coefficient (Wildman–Crippen LogP) is 2.55. The smallest absolute Gasteiger partial charge is 0.321 e. The summed E-state index contributed by atoms with van der Waals surface area (Å²) >= 11 is 0. The van der Waals surface area contributed by atoms with Gasteiger partial charge in [0.15, 0.2) is 0 Å². The molecule has 1 heterocycles. The van der Waals surface area contributed by atoms with Crippen molar-refractivity contribution in [3.8, 4) is 6.07 Å². The van der Waals surface area contributed by atoms with Crippen molar-refractivity contribution in [1.29, 1.82) is 5.26 Å². The number of aryl methyl sites for hydroxylation is 2. The number of carbonyl (C=O) groups excluding carboxylic acids is 1. The highest BCUT2D eigenvalue weighted by Crippen LogP contribution is 2.33. The minimum atomic E-state index is -4.33. The maximum Gasteiger partial charge on any atom is 0.321 e. The maximum atomic E-state index is 13.5. The SMILES string of the molecule is CCOC(=O)CN(C)S(=O)(=O)c1cc(C)cc2cc(C#N)n(S(=O)(=O)c3ccc(C)cc3)c12. The van der Waals surface area contributed by atoms with Crippen LogP contribution in [0.25, 0.3) is 10.9 Å². The Labute approximate surface area is 192 Å². The van der Waals surface area contributed by atoms with E-state index in [1.54, 1.807) is 39.0 Å². The predicted molar refractivity (Wildman–Crippen MR) is 122 cm³/mol. The monoisotopic (exact) mass is 489 g/mol. The summed E-state index contributed by atoms with van der Waals surface area (Å²) in [6.07, 6.45) is 0. The van der Waals surface area contributed by atoms with Crippen molar-refractivity contribution >= 4 is 36.9 Å². The Bertz CT molecular complexity index is 1480. The van der Waals surface area contributed by atoms with Crippen LogP contribution in [0.2, 0.25) is 0 Å². The van der Waals surface area contributed by atoms with E-state index in [2.05, 4.69) is 0 Å². The van der Waals surface area contributed by atoms with E-state index < -0.39 is 32.6 Å². The number of ether oxygens (including phenoxy) is 1. The van der Waals surface area contributed by atoms with E-state index in [1.807, 2.05) is 6.07 Å². The molecule has 2 aromatic carbocycles. The Morgan fingerprint density at radius 1 is 1.06 bits per heavy atom. The van der Waals surface area contributed by atoms with Crippen molar-refractivity contribution in [2.24, 2.45) is 0 Å². The van der Waals surface area contributed by atoms with Crippen molar-refractivity contribution in [3.63, 3.8) is 0 Å². The molecule has 0 saturated heterocycles. The molecule has 0 N–H and O–H groups in total. The highest BCUT2D eigenvalue weighted by atomic mass is 32.2. The van der Waals surface area contributed by atoms with E-state index in [0.717, 1.165) is 13.8 Å². The second kappa shape index (κ2) is 8.97. The number of rotatable bonds is 7. The zero-order valence-corrected chi connectivity index (χ0v) is 20.2. The molecule has 0 aliphatic rings. The molecule has 3 aromatic rings. The highest BCUT2D eigenvalue weighted by molar-refractivity contribution is 7.90. The summed E-state index contributed by atoms with van der Waals surface area (Å²) in [7, 11) is -7.44. The van der Waals surface area contributed by atoms with Gasteiger partial charge in [-0.1, -0.05) is 17.7 Å². The van der Waals surface area contributed by atoms with Crippen LogP contribution < -0.4 is 0 Å². The van der Waals surface area contributed by atoms with Crippen molar-refractivity contribution in [2.45, 2.75) is 30.6 Å². The molecule has 0 aliphatic carbocycles. The standard InChI is InChI=1S/C22H23N3O6S2/c1-5-31-21(26)14-24(4)33(29,30)20-11-16(3)10-17-12-18(13-23)25(22(17)20)32(27,28)19-8-6-15(2)7-9-19/h6-12H,5,14H2,1-4H3. The number of likely N-dealkylation sites (N-methyl/N-ethyl adjacent to an activating group) is 1. The molecule has 0 atom stereocenters. The van der Waals surface area contributed by atoms with Crippen LogP contribution in [0.4, 0.5) is 0 Å². The molecular weight excluding hydrogens is 466 g/mol. The van der Waals surface area contributed by atoms with Crippen LogP contribution in [0.5, 0.6) is 0 Å². The number of benzene rings is 2. The molecule has 9 nitrogen and oxygen atoms in total. The molecule has 0 radical (unpaired) electrons. The van der Waals surface area contributed by atoms with Crippen molar-refractivity contribution in [3.05, 3.63) is 59.3 Å². The zero-order valence-electron chi connectivity index (χ0n) is 18.6. The highest BCUT2D eigenvalue weighted by Gasteiger charge is 2.32. The second-order valence-electron chi connectivity index (χ2n) is 7.49. The summed E-state index contributed by atoms with van der Waals surface area (Å²) in [5.74, 6) is -0.743. The van der Waals surface area contributed by atoms with Crippen molar-refractivity contribution < 1.29 is 26.4 Å². The first-order valence-corrected chi connectivity index (χ1v) is 12.8. The average molecular weight is 490 g/mol. The lowest BCUT2D eigenvalue weighted by Gasteiger charge is -2.19. The summed E-state index contributed by atoms with van der Waals surface area (Å²) in [5, 5.41) is 9.94. The molecule has 0 bridgehead atoms. The molecule has 0 amide bonds. The van der Waals surface area contributed by atoms with E-state index in [9.17, 15) is 26.9 Å². The van der Waals surface area contributed by atoms with Crippen LogP contribution in [0.3, 0.4) is 0 Å². The van der Waals surface area contributed by atoms with E-state index in [0.29, 0.717) is 5.56 Å². The molecule has 0 fully saturated rings. The quantitative estimate of drug-likeness (QED) is 0.467. The van der Waals surface area contributed by atoms with Gasteiger partial charge in [-0.25, -0.2) is 20.8 Å². The second-order valence-corrected chi connectivity index (χ2v) is 11.3. The van der Waals surface area contributed by atoms with Gasteiger partial charge in [0.1, 0.15) is 23.2 Å². The number of aromatic nitrogens is 1. The van der Waals surface area contributed by atoms with Crippen LogP contribution in [0.15, 0.2) is 52.3 Å². The summed E-state index contributed by atoms with van der Waals surface area (Å²) in [5.41, 5.74) is 0.986. The van der Waals surface area contributed by atoms with E-state index >= 15 is 0 Å². The van der Waals surface area contributed by atoms with Gasteiger partial charge in [-0.2, -0.15) is 9.57 Å². The molecule has 0 spiro atoms. The molecule has 174 valence electrons. The molecule has 11 heteroatoms. The van der Waals surface area contributed by atoms with Crippen LogP contribution in [0, 0.1) is 25.2 Å². The van der Waals surface area contributed by atoms with Crippen LogP contribution in [-0.2, 0) is 29.6 Å². The van der Waals surface area contributed by atoms with Gasteiger partial charge >= 0.3 is 5.97 Å². The number of carbonyl (C=O) groups is 1. The zero-order chi connectivity index (χ0) is 24.6. The van der Waals surface area contributed by atoms with E-state index in [1.165, 1.54) is 31.3 Å². The number of sulfonamides is 1. The number of nitriles is 1. The maximum absolute atomic E-state index is 13.5. The summed E-state index contributed by atoms with van der Waals surface area (Å²) in [6, 6.07) is 12.1. The lowest BCUT2D eigenvalue weighted by molar-refractivity contribution is -0.143. The topological polar surface area (TPSA) is 127 Å². The van der Waals surface area contributed by atoms with Crippen molar-refractivity contribution in [2.75, 3.05) is 20.2 Å². The number of fused-ring (bicyclic) bond motifs is 1. The fraction of sp³-hybridized carbons (Fsp3) is 0.273. The first-order valence-electron chi connectivity index (χ1n) is 9.94. The van der Waals surface area contributed by atoms with Gasteiger partial charge in [0.2, 0.25) is 10.0 Å². The van der Waals surface area contributed by atoms with Gasteiger partial charge < -0.3 is 4.74 Å². The summed E-state index contributed by atoms with van der Waals surface area (Å²) in [6.45, 7) is 4.59. The van der Waals surface area contributed by atoms with Gasteiger partial charge in [-0.05, 0) is 56.7 Å². The molecule has 0 aliphatic heterocycles. The normalized spacial score (nSPS) is 12.1. The van der Waals surface area contributed by atoms with Crippen LogP contribution in [-0.4, -0.2) is 51.3 Å². The van der Waals surface area contributed by atoms with Crippen molar-refractivity contribution in [1.82, 2.24) is 8.28 Å². The Kier molecular flexibility index (Phi) is 6.65. The van der Waals surface area contributed by atoms with Gasteiger partial charge in [0, 0.05) is 12.4 Å². The summed E-state index contributed by atoms with van der Waals surface area (Å²) in [4.78, 5) is 11.5. The summed E-state index contributed by atoms with van der Waals surface area (Å²) < 4.78 is 60.3. The minimum absolute atomic E-state index is 0.0879. The molecule has 1 aromatic heterocycles. The van der Waals surface area contributed by atoms with Gasteiger partial charge in [-0.15, -0.1) is 0 Å². The Hall–Kier alpha value is -3.20. The van der Waals surface area contributed by atoms with E-state index in [4.69, 9.17) is 4.74 Å². The third-order valence-electron chi connectivity index (χ3n) is 4.98. The molecule has 33 heavy (non-hydrogen) atoms. The third-order valence-corrected chi connectivity index (χ3v) is 8.53. The molecule has 0 saturated carbocycles. The fourth-order valence-corrected chi connectivity index (χ4v) is 6.35. The van der Waals surface area contributed by atoms with Gasteiger partial charge in [0.25, 0.3) is 10.0 Å². The molecule has 3 rings (SSSR count). The average Bonchev–Trinajstić information content (AvgIpc) is 3.12. The Morgan fingerprint density at radius 3 is 2.27 bits per heavy atom. The number of esters is 1. The van der Waals surface area contributed by atoms with Gasteiger partial charge in [0.05, 0.1) is 17.0 Å². The number of nitrogens with zero attached hydrogens (tertiary/aromatic N) is 3. The van der Waals surface area contributed by atoms with Gasteiger partial charge in [-0.3, -0.25) is 4.79 Å². The Morgan fingerprint density at radius 2 is 1.70 bits per heavy atom. The number of hydrogen-bond acceptors (Lipinski definition) is 7. The first kappa shape index (κ1) is 24.4. The molecule has 0 unspecified atom stereocenters.